The van der Waals surface area contributed by atoms with Crippen molar-refractivity contribution in [2.24, 2.45) is 0 Å². The van der Waals surface area contributed by atoms with Crippen molar-refractivity contribution in [3.05, 3.63) is 63.6 Å². The molecular weight excluding hydrogens is 423 g/mol. The van der Waals surface area contributed by atoms with Gasteiger partial charge < -0.3 is 15.0 Å². The summed E-state index contributed by atoms with van der Waals surface area (Å²) in [7, 11) is 0. The molecule has 2 aromatic carbocycles. The fraction of sp³-hybridized carbons (Fsp3) is 0.391. The first-order valence-electron chi connectivity index (χ1n) is 9.97. The summed E-state index contributed by atoms with van der Waals surface area (Å²) in [5, 5.41) is 3.62. The van der Waals surface area contributed by atoms with Crippen molar-refractivity contribution in [2.45, 2.75) is 46.2 Å². The lowest BCUT2D eigenvalue weighted by Crippen LogP contribution is -2.49. The Kier molecular flexibility index (Phi) is 9.00. The van der Waals surface area contributed by atoms with E-state index >= 15 is 0 Å². The molecule has 1 N–H and O–H groups in total. The third kappa shape index (κ3) is 6.38. The highest BCUT2D eigenvalue weighted by atomic mass is 35.5. The molecule has 0 aliphatic carbocycles. The maximum atomic E-state index is 13.0. The van der Waals surface area contributed by atoms with Gasteiger partial charge in [-0.15, -0.1) is 0 Å². The number of hydrogen-bond donors (Lipinski definition) is 1. The first-order chi connectivity index (χ1) is 14.2. The van der Waals surface area contributed by atoms with E-state index in [0.29, 0.717) is 33.8 Å². The van der Waals surface area contributed by atoms with Crippen LogP contribution in [0, 0.1) is 0 Å². The van der Waals surface area contributed by atoms with Gasteiger partial charge in [-0.25, -0.2) is 0 Å². The van der Waals surface area contributed by atoms with Gasteiger partial charge in [0.05, 0.1) is 0 Å². The molecule has 2 aromatic rings. The molecule has 0 aliphatic heterocycles. The maximum absolute atomic E-state index is 13.0. The number of nitrogens with zero attached hydrogens (tertiary/aromatic N) is 1. The number of likely N-dealkylation sites (N-methyl/N-ethyl adjacent to an activating group) is 1. The minimum Gasteiger partial charge on any atom is -0.484 e. The Morgan fingerprint density at radius 3 is 2.17 bits per heavy atom. The molecule has 0 saturated carbocycles. The van der Waals surface area contributed by atoms with E-state index in [1.54, 1.807) is 25.1 Å². The molecular formula is C23H28Cl2N2O3. The van der Waals surface area contributed by atoms with E-state index in [2.05, 4.69) is 19.2 Å². The van der Waals surface area contributed by atoms with Crippen molar-refractivity contribution in [1.29, 1.82) is 0 Å². The Morgan fingerprint density at radius 2 is 1.63 bits per heavy atom. The van der Waals surface area contributed by atoms with Gasteiger partial charge in [0.15, 0.2) is 6.61 Å². The van der Waals surface area contributed by atoms with Crippen LogP contribution < -0.4 is 10.1 Å². The summed E-state index contributed by atoms with van der Waals surface area (Å²) in [6, 6.07) is 12.1. The summed E-state index contributed by atoms with van der Waals surface area (Å²) in [5.41, 5.74) is 1.78. The van der Waals surface area contributed by atoms with Crippen LogP contribution in [0.4, 0.5) is 0 Å². The zero-order valence-electron chi connectivity index (χ0n) is 17.7. The average molecular weight is 451 g/mol. The predicted octanol–water partition coefficient (Wildman–Crippen LogP) is 5.05. The van der Waals surface area contributed by atoms with Gasteiger partial charge in [0.25, 0.3) is 5.91 Å². The van der Waals surface area contributed by atoms with Crippen LogP contribution in [0.15, 0.2) is 42.5 Å². The number of ether oxygens (including phenoxy) is 1. The quantitative estimate of drug-likeness (QED) is 0.581. The Hall–Kier alpha value is -2.24. The SMILES string of the molecule is CCNC(=O)[C@H](C)N(Cc1c(Cl)cccc1Cl)C(=O)COc1ccc(C(C)C)cc1. The first-order valence-corrected chi connectivity index (χ1v) is 10.7. The zero-order chi connectivity index (χ0) is 22.3. The maximum Gasteiger partial charge on any atom is 0.261 e. The molecule has 5 nitrogen and oxygen atoms in total. The standard InChI is InChI=1S/C23H28Cl2N2O3/c1-5-26-23(29)16(4)27(13-19-20(24)7-6-8-21(19)25)22(28)14-30-18-11-9-17(10-12-18)15(2)3/h6-12,15-16H,5,13-14H2,1-4H3,(H,26,29)/t16-/m0/s1. The van der Waals surface area contributed by atoms with E-state index in [9.17, 15) is 9.59 Å². The van der Waals surface area contributed by atoms with Gasteiger partial charge in [-0.05, 0) is 49.6 Å². The summed E-state index contributed by atoms with van der Waals surface area (Å²) in [6.07, 6.45) is 0. The molecule has 0 heterocycles. The predicted molar refractivity (Wildman–Crippen MR) is 121 cm³/mol. The third-order valence-electron chi connectivity index (χ3n) is 4.82. The van der Waals surface area contributed by atoms with E-state index in [1.807, 2.05) is 31.2 Å². The minimum absolute atomic E-state index is 0.102. The zero-order valence-corrected chi connectivity index (χ0v) is 19.3. The van der Waals surface area contributed by atoms with Gasteiger partial charge in [-0.2, -0.15) is 0 Å². The van der Waals surface area contributed by atoms with Crippen molar-refractivity contribution in [3.63, 3.8) is 0 Å². The number of nitrogens with one attached hydrogen (secondary N) is 1. The Labute approximate surface area is 188 Å². The van der Waals surface area contributed by atoms with Gasteiger partial charge in [0, 0.05) is 28.7 Å². The van der Waals surface area contributed by atoms with Crippen LogP contribution in [0.1, 0.15) is 44.7 Å². The van der Waals surface area contributed by atoms with Gasteiger partial charge in [-0.3, -0.25) is 9.59 Å². The van der Waals surface area contributed by atoms with Gasteiger partial charge in [-0.1, -0.05) is 55.2 Å². The van der Waals surface area contributed by atoms with Crippen molar-refractivity contribution < 1.29 is 14.3 Å². The highest BCUT2D eigenvalue weighted by Crippen LogP contribution is 2.26. The fourth-order valence-corrected chi connectivity index (χ4v) is 3.45. The number of carbonyl (C=O) groups excluding carboxylic acids is 2. The Balaban J connectivity index is 2.18. The van der Waals surface area contributed by atoms with Crippen molar-refractivity contribution in [3.8, 4) is 5.75 Å². The number of hydrogen-bond acceptors (Lipinski definition) is 3. The molecule has 2 rings (SSSR count). The molecule has 0 fully saturated rings. The highest BCUT2D eigenvalue weighted by Gasteiger charge is 2.27. The molecule has 2 amide bonds. The highest BCUT2D eigenvalue weighted by molar-refractivity contribution is 6.36. The molecule has 162 valence electrons. The smallest absolute Gasteiger partial charge is 0.261 e. The monoisotopic (exact) mass is 450 g/mol. The van der Waals surface area contributed by atoms with E-state index in [4.69, 9.17) is 27.9 Å². The summed E-state index contributed by atoms with van der Waals surface area (Å²) < 4.78 is 5.68. The van der Waals surface area contributed by atoms with E-state index in [1.165, 1.54) is 10.5 Å². The van der Waals surface area contributed by atoms with Crippen LogP contribution >= 0.6 is 23.2 Å². The van der Waals surface area contributed by atoms with E-state index in [-0.39, 0.29) is 25.0 Å². The molecule has 0 spiro atoms. The molecule has 0 bridgehead atoms. The minimum atomic E-state index is -0.711. The lowest BCUT2D eigenvalue weighted by atomic mass is 10.0. The van der Waals surface area contributed by atoms with Crippen molar-refractivity contribution >= 4 is 35.0 Å². The summed E-state index contributed by atoms with van der Waals surface area (Å²) in [4.78, 5) is 26.8. The first kappa shape index (κ1) is 24.0. The largest absolute Gasteiger partial charge is 0.484 e. The molecule has 0 radical (unpaired) electrons. The van der Waals surface area contributed by atoms with Crippen LogP contribution in [-0.2, 0) is 16.1 Å². The van der Waals surface area contributed by atoms with Crippen LogP contribution in [0.3, 0.4) is 0 Å². The molecule has 0 saturated heterocycles. The molecule has 0 aromatic heterocycles. The summed E-state index contributed by atoms with van der Waals surface area (Å²) in [5.74, 6) is 0.414. The molecule has 30 heavy (non-hydrogen) atoms. The molecule has 7 heteroatoms. The second-order valence-corrected chi connectivity index (χ2v) is 8.12. The summed E-state index contributed by atoms with van der Waals surface area (Å²) >= 11 is 12.6. The molecule has 0 unspecified atom stereocenters. The molecule has 0 aliphatic rings. The fourth-order valence-electron chi connectivity index (χ4n) is 2.94. The van der Waals surface area contributed by atoms with Crippen LogP contribution in [0.5, 0.6) is 5.75 Å². The number of carbonyl (C=O) groups is 2. The van der Waals surface area contributed by atoms with Crippen molar-refractivity contribution in [2.75, 3.05) is 13.2 Å². The average Bonchev–Trinajstić information content (AvgIpc) is 2.72. The normalized spacial score (nSPS) is 11.8. The second-order valence-electron chi connectivity index (χ2n) is 7.30. The van der Waals surface area contributed by atoms with Gasteiger partial charge in [0.2, 0.25) is 5.91 Å². The van der Waals surface area contributed by atoms with Crippen molar-refractivity contribution in [1.82, 2.24) is 10.2 Å². The summed E-state index contributed by atoms with van der Waals surface area (Å²) in [6.45, 7) is 8.09. The Bertz CT molecular complexity index is 849. The number of rotatable bonds is 9. The lowest BCUT2D eigenvalue weighted by molar-refractivity contribution is -0.142. The Morgan fingerprint density at radius 1 is 1.03 bits per heavy atom. The molecule has 1 atom stereocenters. The number of amides is 2. The number of benzene rings is 2. The third-order valence-corrected chi connectivity index (χ3v) is 5.53. The van der Waals surface area contributed by atoms with Crippen LogP contribution in [-0.4, -0.2) is 35.9 Å². The van der Waals surface area contributed by atoms with Gasteiger partial charge >= 0.3 is 0 Å². The van der Waals surface area contributed by atoms with E-state index < -0.39 is 6.04 Å². The van der Waals surface area contributed by atoms with Gasteiger partial charge in [0.1, 0.15) is 11.8 Å². The van der Waals surface area contributed by atoms with Crippen LogP contribution in [0.2, 0.25) is 10.0 Å². The lowest BCUT2D eigenvalue weighted by Gasteiger charge is -2.29. The van der Waals surface area contributed by atoms with E-state index in [0.717, 1.165) is 0 Å². The topological polar surface area (TPSA) is 58.6 Å². The van der Waals surface area contributed by atoms with Crippen LogP contribution in [0.25, 0.3) is 0 Å². The number of halogens is 2. The second kappa shape index (κ2) is 11.2.